The molecule has 0 spiro atoms. The summed E-state index contributed by atoms with van der Waals surface area (Å²) in [6.07, 6.45) is 2.07. The second kappa shape index (κ2) is 11.2. The number of hydrogen-bond donors (Lipinski definition) is 2. The van der Waals surface area contributed by atoms with Crippen LogP contribution in [0, 0.1) is 5.92 Å². The fraction of sp³-hybridized carbons (Fsp3) is 0.950. The van der Waals surface area contributed by atoms with Gasteiger partial charge < -0.3 is 25.0 Å². The molecule has 27 heavy (non-hydrogen) atoms. The zero-order valence-electron chi connectivity index (χ0n) is 18.1. The molecule has 2 N–H and O–H groups in total. The Balaban J connectivity index is 1.98. The fourth-order valence-corrected chi connectivity index (χ4v) is 3.96. The van der Waals surface area contributed by atoms with E-state index in [0.29, 0.717) is 12.0 Å². The molecule has 1 atom stereocenters. The molecule has 2 aliphatic rings. The van der Waals surface area contributed by atoms with E-state index in [1.165, 1.54) is 0 Å². The van der Waals surface area contributed by atoms with Crippen LogP contribution in [0.25, 0.3) is 0 Å². The van der Waals surface area contributed by atoms with Gasteiger partial charge in [-0.15, -0.1) is 0 Å². The van der Waals surface area contributed by atoms with E-state index in [-0.39, 0.29) is 5.54 Å². The number of likely N-dealkylation sites (N-methyl/N-ethyl adjacent to an activating group) is 1. The van der Waals surface area contributed by atoms with Gasteiger partial charge >= 0.3 is 0 Å². The lowest BCUT2D eigenvalue weighted by Gasteiger charge is -2.42. The van der Waals surface area contributed by atoms with Crippen LogP contribution in [0.1, 0.15) is 33.6 Å². The lowest BCUT2D eigenvalue weighted by molar-refractivity contribution is -0.00261. The predicted molar refractivity (Wildman–Crippen MR) is 111 cm³/mol. The highest BCUT2D eigenvalue weighted by molar-refractivity contribution is 5.79. The molecule has 2 aliphatic heterocycles. The summed E-state index contributed by atoms with van der Waals surface area (Å²) in [4.78, 5) is 9.83. The Kier molecular flexibility index (Phi) is 9.29. The summed E-state index contributed by atoms with van der Waals surface area (Å²) in [5, 5.41) is 7.02. The summed E-state index contributed by atoms with van der Waals surface area (Å²) >= 11 is 0. The number of morpholine rings is 1. The SMILES string of the molecule is CCNC(=NCC1(N(C)C)CCOCC1)NCC(C(C)C)N1CCOCC1. The van der Waals surface area contributed by atoms with Gasteiger partial charge in [0.2, 0.25) is 0 Å². The molecule has 2 heterocycles. The van der Waals surface area contributed by atoms with E-state index in [9.17, 15) is 0 Å². The average Bonchev–Trinajstić information content (AvgIpc) is 2.67. The Morgan fingerprint density at radius 3 is 2.26 bits per heavy atom. The molecule has 0 aromatic heterocycles. The number of aliphatic imine (C=N–C) groups is 1. The Morgan fingerprint density at radius 2 is 1.70 bits per heavy atom. The van der Waals surface area contributed by atoms with Crippen molar-refractivity contribution >= 4 is 5.96 Å². The second-order valence-electron chi connectivity index (χ2n) is 8.27. The molecule has 0 amide bonds. The van der Waals surface area contributed by atoms with Gasteiger partial charge in [-0.2, -0.15) is 0 Å². The van der Waals surface area contributed by atoms with Crippen molar-refractivity contribution in [1.29, 1.82) is 0 Å². The smallest absolute Gasteiger partial charge is 0.191 e. The van der Waals surface area contributed by atoms with Gasteiger partial charge in [-0.3, -0.25) is 9.89 Å². The molecule has 1 unspecified atom stereocenters. The van der Waals surface area contributed by atoms with Crippen LogP contribution < -0.4 is 10.6 Å². The summed E-state index contributed by atoms with van der Waals surface area (Å²) in [6, 6.07) is 0.489. The molecule has 0 aromatic carbocycles. The van der Waals surface area contributed by atoms with E-state index in [2.05, 4.69) is 55.3 Å². The third-order valence-electron chi connectivity index (χ3n) is 6.01. The van der Waals surface area contributed by atoms with Crippen molar-refractivity contribution in [1.82, 2.24) is 20.4 Å². The first-order chi connectivity index (χ1) is 13.0. The zero-order valence-corrected chi connectivity index (χ0v) is 18.1. The summed E-state index contributed by atoms with van der Waals surface area (Å²) in [7, 11) is 4.32. The standard InChI is InChI=1S/C20H41N5O2/c1-6-21-19(23-16-20(24(4)5)7-11-26-12-8-20)22-15-18(17(2)3)25-9-13-27-14-10-25/h17-18H,6-16H2,1-5H3,(H2,21,22,23). The molecule has 2 saturated heterocycles. The number of nitrogens with one attached hydrogen (secondary N) is 2. The Hall–Kier alpha value is -0.890. The Bertz CT molecular complexity index is 444. The maximum absolute atomic E-state index is 5.58. The van der Waals surface area contributed by atoms with Crippen molar-refractivity contribution < 1.29 is 9.47 Å². The van der Waals surface area contributed by atoms with Gasteiger partial charge in [-0.1, -0.05) is 13.8 Å². The van der Waals surface area contributed by atoms with Gasteiger partial charge in [-0.25, -0.2) is 0 Å². The third-order valence-corrected chi connectivity index (χ3v) is 6.01. The van der Waals surface area contributed by atoms with E-state index < -0.39 is 0 Å². The molecule has 0 bridgehead atoms. The van der Waals surface area contributed by atoms with Gasteiger partial charge in [0.25, 0.3) is 0 Å². The number of nitrogens with zero attached hydrogens (tertiary/aromatic N) is 3. The largest absolute Gasteiger partial charge is 0.381 e. The van der Waals surface area contributed by atoms with E-state index in [4.69, 9.17) is 14.5 Å². The van der Waals surface area contributed by atoms with Crippen molar-refractivity contribution in [2.75, 3.05) is 73.2 Å². The summed E-state index contributed by atoms with van der Waals surface area (Å²) < 4.78 is 11.1. The number of guanidine groups is 1. The molecule has 0 aliphatic carbocycles. The zero-order chi connectivity index (χ0) is 19.7. The second-order valence-corrected chi connectivity index (χ2v) is 8.27. The first-order valence-corrected chi connectivity index (χ1v) is 10.6. The van der Waals surface area contributed by atoms with E-state index >= 15 is 0 Å². The molecular weight excluding hydrogens is 342 g/mol. The maximum atomic E-state index is 5.58. The van der Waals surface area contributed by atoms with Crippen LogP contribution in [-0.4, -0.2) is 101 Å². The van der Waals surface area contributed by atoms with Crippen molar-refractivity contribution in [3.8, 4) is 0 Å². The number of hydrogen-bond acceptors (Lipinski definition) is 5. The molecule has 2 fully saturated rings. The molecule has 7 nitrogen and oxygen atoms in total. The molecule has 0 saturated carbocycles. The summed E-state index contributed by atoms with van der Waals surface area (Å²) in [5.74, 6) is 1.51. The lowest BCUT2D eigenvalue weighted by atomic mass is 9.89. The van der Waals surface area contributed by atoms with E-state index in [1.807, 2.05) is 0 Å². The highest BCUT2D eigenvalue weighted by Crippen LogP contribution is 2.26. The van der Waals surface area contributed by atoms with E-state index in [0.717, 1.165) is 78.0 Å². The highest BCUT2D eigenvalue weighted by Gasteiger charge is 2.34. The Morgan fingerprint density at radius 1 is 1.07 bits per heavy atom. The first-order valence-electron chi connectivity index (χ1n) is 10.6. The fourth-order valence-electron chi connectivity index (χ4n) is 3.96. The lowest BCUT2D eigenvalue weighted by Crippen LogP contribution is -2.54. The topological polar surface area (TPSA) is 61.4 Å². The van der Waals surface area contributed by atoms with Crippen molar-refractivity contribution in [3.05, 3.63) is 0 Å². The van der Waals surface area contributed by atoms with Crippen LogP contribution in [0.5, 0.6) is 0 Å². The van der Waals surface area contributed by atoms with Gasteiger partial charge in [0.1, 0.15) is 0 Å². The van der Waals surface area contributed by atoms with Crippen LogP contribution in [0.3, 0.4) is 0 Å². The molecule has 2 rings (SSSR count). The summed E-state index contributed by atoms with van der Waals surface area (Å²) in [6.45, 7) is 14.6. The van der Waals surface area contributed by atoms with Gasteiger partial charge in [0, 0.05) is 51.0 Å². The third kappa shape index (κ3) is 6.59. The van der Waals surface area contributed by atoms with Crippen LogP contribution >= 0.6 is 0 Å². The molecule has 7 heteroatoms. The predicted octanol–water partition coefficient (Wildman–Crippen LogP) is 1.01. The molecule has 0 aromatic rings. The number of rotatable bonds is 8. The quantitative estimate of drug-likeness (QED) is 0.482. The maximum Gasteiger partial charge on any atom is 0.191 e. The average molecular weight is 384 g/mol. The van der Waals surface area contributed by atoms with Crippen LogP contribution in [0.2, 0.25) is 0 Å². The van der Waals surface area contributed by atoms with Gasteiger partial charge in [-0.05, 0) is 39.8 Å². The molecular formula is C20H41N5O2. The minimum atomic E-state index is 0.0995. The van der Waals surface area contributed by atoms with Crippen molar-refractivity contribution in [2.24, 2.45) is 10.9 Å². The van der Waals surface area contributed by atoms with Gasteiger partial charge in [0.05, 0.1) is 19.8 Å². The van der Waals surface area contributed by atoms with Gasteiger partial charge in [0.15, 0.2) is 5.96 Å². The molecule has 0 radical (unpaired) electrons. The van der Waals surface area contributed by atoms with Crippen molar-refractivity contribution in [3.63, 3.8) is 0 Å². The van der Waals surface area contributed by atoms with Crippen LogP contribution in [0.15, 0.2) is 4.99 Å². The van der Waals surface area contributed by atoms with Crippen molar-refractivity contribution in [2.45, 2.75) is 45.2 Å². The minimum Gasteiger partial charge on any atom is -0.381 e. The monoisotopic (exact) mass is 383 g/mol. The Labute approximate surface area is 165 Å². The van der Waals surface area contributed by atoms with E-state index in [1.54, 1.807) is 0 Å². The first kappa shape index (κ1) is 22.4. The summed E-state index contributed by atoms with van der Waals surface area (Å²) in [5.41, 5.74) is 0.0995. The molecule has 158 valence electrons. The normalized spacial score (nSPS) is 22.9. The highest BCUT2D eigenvalue weighted by atomic mass is 16.5. The van der Waals surface area contributed by atoms with Crippen LogP contribution in [0.4, 0.5) is 0 Å². The number of ether oxygens (including phenoxy) is 2. The minimum absolute atomic E-state index is 0.0995. The van der Waals surface area contributed by atoms with Crippen LogP contribution in [-0.2, 0) is 9.47 Å².